The SMILES string of the molecule is O=C(Cc1ccccc1Cl)Nc1cc(N2CCOCC2)ncn1. The van der Waals surface area contributed by atoms with Crippen LogP contribution in [0.2, 0.25) is 5.02 Å². The van der Waals surface area contributed by atoms with E-state index < -0.39 is 0 Å². The fourth-order valence-electron chi connectivity index (χ4n) is 2.38. The molecule has 1 aliphatic heterocycles. The molecule has 1 aliphatic rings. The number of carbonyl (C=O) groups is 1. The highest BCUT2D eigenvalue weighted by Gasteiger charge is 2.14. The fraction of sp³-hybridized carbons (Fsp3) is 0.312. The van der Waals surface area contributed by atoms with Gasteiger partial charge in [0.2, 0.25) is 5.91 Å². The zero-order valence-corrected chi connectivity index (χ0v) is 13.3. The van der Waals surface area contributed by atoms with Gasteiger partial charge in [0.1, 0.15) is 18.0 Å². The Morgan fingerprint density at radius 1 is 1.26 bits per heavy atom. The van der Waals surface area contributed by atoms with Gasteiger partial charge in [-0.05, 0) is 11.6 Å². The molecule has 1 aromatic heterocycles. The summed E-state index contributed by atoms with van der Waals surface area (Å²) in [6.45, 7) is 2.92. The van der Waals surface area contributed by atoms with Crippen molar-refractivity contribution in [3.63, 3.8) is 0 Å². The predicted octanol–water partition coefficient (Wildman–Crippen LogP) is 2.15. The van der Waals surface area contributed by atoms with Crippen molar-refractivity contribution in [3.8, 4) is 0 Å². The van der Waals surface area contributed by atoms with Gasteiger partial charge in [-0.2, -0.15) is 0 Å². The number of hydrogen-bond acceptors (Lipinski definition) is 5. The van der Waals surface area contributed by atoms with E-state index in [1.807, 2.05) is 18.2 Å². The van der Waals surface area contributed by atoms with Gasteiger partial charge >= 0.3 is 0 Å². The Hall–Kier alpha value is -2.18. The van der Waals surface area contributed by atoms with Crippen molar-refractivity contribution >= 4 is 29.1 Å². The van der Waals surface area contributed by atoms with Crippen molar-refractivity contribution in [2.45, 2.75) is 6.42 Å². The molecule has 0 atom stereocenters. The first-order valence-corrected chi connectivity index (χ1v) is 7.78. The zero-order chi connectivity index (χ0) is 16.1. The van der Waals surface area contributed by atoms with Crippen LogP contribution in [-0.2, 0) is 16.0 Å². The van der Waals surface area contributed by atoms with Gasteiger partial charge in [0.05, 0.1) is 19.6 Å². The number of anilines is 2. The van der Waals surface area contributed by atoms with E-state index in [0.717, 1.165) is 24.5 Å². The highest BCUT2D eigenvalue weighted by atomic mass is 35.5. The van der Waals surface area contributed by atoms with Crippen LogP contribution in [0.4, 0.5) is 11.6 Å². The van der Waals surface area contributed by atoms with Crippen molar-refractivity contribution in [1.82, 2.24) is 9.97 Å². The summed E-state index contributed by atoms with van der Waals surface area (Å²) in [6, 6.07) is 9.07. The minimum Gasteiger partial charge on any atom is -0.378 e. The molecule has 1 N–H and O–H groups in total. The Balaban J connectivity index is 1.65. The molecule has 6 nitrogen and oxygen atoms in total. The summed E-state index contributed by atoms with van der Waals surface area (Å²) in [6.07, 6.45) is 1.66. The molecular formula is C16H17ClN4O2. The number of amides is 1. The molecule has 23 heavy (non-hydrogen) atoms. The Morgan fingerprint density at radius 2 is 2.04 bits per heavy atom. The van der Waals surface area contributed by atoms with Crippen LogP contribution in [0.15, 0.2) is 36.7 Å². The Labute approximate surface area is 139 Å². The minimum atomic E-state index is -0.162. The molecule has 3 rings (SSSR count). The number of carbonyl (C=O) groups excluding carboxylic acids is 1. The first-order chi connectivity index (χ1) is 11.2. The molecule has 0 unspecified atom stereocenters. The standard InChI is InChI=1S/C16H17ClN4O2/c17-13-4-2-1-3-12(13)9-16(22)20-14-10-15(19-11-18-14)21-5-7-23-8-6-21/h1-4,10-11H,5-9H2,(H,18,19,20,22). The lowest BCUT2D eigenvalue weighted by Crippen LogP contribution is -2.36. The number of benzene rings is 1. The molecule has 0 radical (unpaired) electrons. The van der Waals surface area contributed by atoms with Crippen molar-refractivity contribution in [2.75, 3.05) is 36.5 Å². The molecule has 1 amide bonds. The van der Waals surface area contributed by atoms with Gasteiger partial charge in [-0.15, -0.1) is 0 Å². The topological polar surface area (TPSA) is 67.4 Å². The van der Waals surface area contributed by atoms with Gasteiger partial charge in [-0.25, -0.2) is 9.97 Å². The Bertz CT molecular complexity index is 689. The molecule has 0 aliphatic carbocycles. The summed E-state index contributed by atoms with van der Waals surface area (Å²) in [5.74, 6) is 1.11. The van der Waals surface area contributed by atoms with Gasteiger partial charge in [-0.3, -0.25) is 4.79 Å². The van der Waals surface area contributed by atoms with E-state index in [0.29, 0.717) is 24.1 Å². The molecule has 1 saturated heterocycles. The van der Waals surface area contributed by atoms with Crippen molar-refractivity contribution in [2.24, 2.45) is 0 Å². The van der Waals surface area contributed by atoms with Gasteiger partial charge in [0.25, 0.3) is 0 Å². The maximum atomic E-state index is 12.2. The van der Waals surface area contributed by atoms with Crippen LogP contribution in [0, 0.1) is 0 Å². The quantitative estimate of drug-likeness (QED) is 0.929. The van der Waals surface area contributed by atoms with Gasteiger partial charge in [-0.1, -0.05) is 29.8 Å². The van der Waals surface area contributed by atoms with Crippen LogP contribution in [0.1, 0.15) is 5.56 Å². The van der Waals surface area contributed by atoms with Gasteiger partial charge < -0.3 is 15.0 Å². The molecule has 0 spiro atoms. The largest absolute Gasteiger partial charge is 0.378 e. The Morgan fingerprint density at radius 3 is 2.83 bits per heavy atom. The molecule has 0 bridgehead atoms. The van der Waals surface area contributed by atoms with Gasteiger partial charge in [0.15, 0.2) is 0 Å². The lowest BCUT2D eigenvalue weighted by molar-refractivity contribution is -0.115. The van der Waals surface area contributed by atoms with E-state index >= 15 is 0 Å². The van der Waals surface area contributed by atoms with Crippen LogP contribution in [0.3, 0.4) is 0 Å². The number of hydrogen-bond donors (Lipinski definition) is 1. The maximum absolute atomic E-state index is 12.2. The highest BCUT2D eigenvalue weighted by molar-refractivity contribution is 6.31. The molecular weight excluding hydrogens is 316 g/mol. The third kappa shape index (κ3) is 4.18. The van der Waals surface area contributed by atoms with E-state index in [4.69, 9.17) is 16.3 Å². The summed E-state index contributed by atoms with van der Waals surface area (Å²) < 4.78 is 5.33. The zero-order valence-electron chi connectivity index (χ0n) is 12.5. The maximum Gasteiger partial charge on any atom is 0.230 e. The molecule has 1 aromatic carbocycles. The second-order valence-corrected chi connectivity index (χ2v) is 5.58. The molecule has 2 aromatic rings. The second-order valence-electron chi connectivity index (χ2n) is 5.18. The highest BCUT2D eigenvalue weighted by Crippen LogP contribution is 2.18. The van der Waals surface area contributed by atoms with E-state index in [2.05, 4.69) is 20.2 Å². The van der Waals surface area contributed by atoms with Crippen molar-refractivity contribution < 1.29 is 9.53 Å². The first-order valence-electron chi connectivity index (χ1n) is 7.40. The number of rotatable bonds is 4. The van der Waals surface area contributed by atoms with Gasteiger partial charge in [0, 0.05) is 24.2 Å². The first kappa shape index (κ1) is 15.7. The van der Waals surface area contributed by atoms with Crippen LogP contribution in [0.5, 0.6) is 0 Å². The summed E-state index contributed by atoms with van der Waals surface area (Å²) in [5.41, 5.74) is 0.786. The van der Waals surface area contributed by atoms with Crippen molar-refractivity contribution in [1.29, 1.82) is 0 Å². The number of nitrogens with zero attached hydrogens (tertiary/aromatic N) is 3. The van der Waals surface area contributed by atoms with E-state index in [9.17, 15) is 4.79 Å². The number of halogens is 1. The summed E-state index contributed by atoms with van der Waals surface area (Å²) in [7, 11) is 0. The number of aromatic nitrogens is 2. The third-order valence-corrected chi connectivity index (χ3v) is 3.93. The fourth-order valence-corrected chi connectivity index (χ4v) is 2.59. The number of morpholine rings is 1. The lowest BCUT2D eigenvalue weighted by Gasteiger charge is -2.27. The minimum absolute atomic E-state index is 0.162. The van der Waals surface area contributed by atoms with Crippen LogP contribution < -0.4 is 10.2 Å². The molecule has 0 saturated carbocycles. The smallest absolute Gasteiger partial charge is 0.230 e. The monoisotopic (exact) mass is 332 g/mol. The number of ether oxygens (including phenoxy) is 1. The Kier molecular flexibility index (Phi) is 5.05. The van der Waals surface area contributed by atoms with Crippen molar-refractivity contribution in [3.05, 3.63) is 47.2 Å². The average Bonchev–Trinajstić information content (AvgIpc) is 2.58. The average molecular weight is 333 g/mol. The summed E-state index contributed by atoms with van der Waals surface area (Å²) in [4.78, 5) is 22.6. The molecule has 1 fully saturated rings. The van der Waals surface area contributed by atoms with Crippen LogP contribution in [0.25, 0.3) is 0 Å². The van der Waals surface area contributed by atoms with E-state index in [1.54, 1.807) is 12.1 Å². The summed E-state index contributed by atoms with van der Waals surface area (Å²) >= 11 is 6.07. The summed E-state index contributed by atoms with van der Waals surface area (Å²) in [5, 5.41) is 3.37. The normalized spacial score (nSPS) is 14.6. The van der Waals surface area contributed by atoms with E-state index in [1.165, 1.54) is 6.33 Å². The van der Waals surface area contributed by atoms with Crippen LogP contribution >= 0.6 is 11.6 Å². The lowest BCUT2D eigenvalue weighted by atomic mass is 10.1. The molecule has 120 valence electrons. The number of nitrogens with one attached hydrogen (secondary N) is 1. The van der Waals surface area contributed by atoms with Crippen LogP contribution in [-0.4, -0.2) is 42.2 Å². The second kappa shape index (κ2) is 7.39. The third-order valence-electron chi connectivity index (χ3n) is 3.56. The molecule has 7 heteroatoms. The van der Waals surface area contributed by atoms with E-state index in [-0.39, 0.29) is 12.3 Å². The molecule has 2 heterocycles. The predicted molar refractivity (Wildman–Crippen MR) is 88.8 cm³/mol.